The average Bonchev–Trinajstić information content (AvgIpc) is 2.75. The van der Waals surface area contributed by atoms with Gasteiger partial charge in [-0.1, -0.05) is 36.4 Å². The van der Waals surface area contributed by atoms with E-state index in [0.717, 1.165) is 30.1 Å². The van der Waals surface area contributed by atoms with Crippen molar-refractivity contribution in [2.75, 3.05) is 45.2 Å². The average molecular weight is 382 g/mol. The highest BCUT2D eigenvalue weighted by molar-refractivity contribution is 5.97. The van der Waals surface area contributed by atoms with Crippen molar-refractivity contribution in [1.82, 2.24) is 15.5 Å². The van der Waals surface area contributed by atoms with E-state index in [4.69, 9.17) is 4.74 Å². The summed E-state index contributed by atoms with van der Waals surface area (Å²) < 4.78 is 5.31. The Bertz CT molecular complexity index is 804. The second-order valence-electron chi connectivity index (χ2n) is 6.61. The summed E-state index contributed by atoms with van der Waals surface area (Å²) in [6.07, 6.45) is 0. The third kappa shape index (κ3) is 4.61. The van der Waals surface area contributed by atoms with Gasteiger partial charge in [-0.05, 0) is 17.7 Å². The Labute approximate surface area is 165 Å². The van der Waals surface area contributed by atoms with Crippen LogP contribution in [0, 0.1) is 0 Å². The molecule has 1 atom stereocenters. The van der Waals surface area contributed by atoms with Gasteiger partial charge in [0, 0.05) is 45.0 Å². The summed E-state index contributed by atoms with van der Waals surface area (Å²) in [4.78, 5) is 28.9. The van der Waals surface area contributed by atoms with Gasteiger partial charge in [0.1, 0.15) is 11.8 Å². The summed E-state index contributed by atoms with van der Waals surface area (Å²) in [5.74, 6) is 0.507. The van der Waals surface area contributed by atoms with Crippen molar-refractivity contribution in [3.05, 3.63) is 60.2 Å². The number of nitrogens with one attached hydrogen (secondary N) is 2. The lowest BCUT2D eigenvalue weighted by Gasteiger charge is -2.39. The molecule has 3 amide bonds. The van der Waals surface area contributed by atoms with Crippen molar-refractivity contribution in [1.29, 1.82) is 0 Å². The van der Waals surface area contributed by atoms with Gasteiger partial charge < -0.3 is 15.0 Å². The van der Waals surface area contributed by atoms with Gasteiger partial charge in [0.05, 0.1) is 7.11 Å². The van der Waals surface area contributed by atoms with E-state index in [1.165, 1.54) is 7.05 Å². The SMILES string of the molecule is CNC(=O)NC(=O)C(c1ccccc1)N1CCN(c2cccc(OC)c2)CC1. The van der Waals surface area contributed by atoms with E-state index < -0.39 is 12.1 Å². The number of urea groups is 1. The Morgan fingerprint density at radius 2 is 1.71 bits per heavy atom. The van der Waals surface area contributed by atoms with Crippen LogP contribution in [0.3, 0.4) is 0 Å². The maximum absolute atomic E-state index is 12.8. The molecule has 1 heterocycles. The fraction of sp³-hybridized carbons (Fsp3) is 0.333. The van der Waals surface area contributed by atoms with E-state index in [-0.39, 0.29) is 5.91 Å². The molecule has 3 rings (SSSR count). The quantitative estimate of drug-likeness (QED) is 0.828. The molecule has 0 radical (unpaired) electrons. The highest BCUT2D eigenvalue weighted by Gasteiger charge is 2.31. The molecule has 1 aliphatic heterocycles. The second-order valence-corrected chi connectivity index (χ2v) is 6.61. The number of carbonyl (C=O) groups is 2. The number of ether oxygens (including phenoxy) is 1. The van der Waals surface area contributed by atoms with Crippen LogP contribution in [0.25, 0.3) is 0 Å². The monoisotopic (exact) mass is 382 g/mol. The largest absolute Gasteiger partial charge is 0.497 e. The first-order valence-corrected chi connectivity index (χ1v) is 9.33. The molecule has 28 heavy (non-hydrogen) atoms. The number of anilines is 1. The van der Waals surface area contributed by atoms with Crippen LogP contribution in [0.4, 0.5) is 10.5 Å². The molecular weight excluding hydrogens is 356 g/mol. The van der Waals surface area contributed by atoms with Crippen LogP contribution in [0.2, 0.25) is 0 Å². The number of rotatable bonds is 5. The first-order valence-electron chi connectivity index (χ1n) is 9.33. The number of benzene rings is 2. The van der Waals surface area contributed by atoms with Gasteiger partial charge >= 0.3 is 6.03 Å². The van der Waals surface area contributed by atoms with Crippen LogP contribution in [0.1, 0.15) is 11.6 Å². The number of amides is 3. The molecule has 1 saturated heterocycles. The van der Waals surface area contributed by atoms with Gasteiger partial charge in [-0.2, -0.15) is 0 Å². The van der Waals surface area contributed by atoms with Crippen molar-refractivity contribution in [3.63, 3.8) is 0 Å². The Hall–Kier alpha value is -3.06. The highest BCUT2D eigenvalue weighted by Crippen LogP contribution is 2.26. The molecule has 0 aliphatic carbocycles. The maximum Gasteiger partial charge on any atom is 0.321 e. The first kappa shape index (κ1) is 19.7. The number of hydrogen-bond acceptors (Lipinski definition) is 5. The number of methoxy groups -OCH3 is 1. The molecule has 1 aliphatic rings. The Morgan fingerprint density at radius 1 is 1.00 bits per heavy atom. The van der Waals surface area contributed by atoms with Gasteiger partial charge in [-0.3, -0.25) is 15.0 Å². The van der Waals surface area contributed by atoms with Crippen LogP contribution < -0.4 is 20.3 Å². The zero-order valence-electron chi connectivity index (χ0n) is 16.2. The predicted octanol–water partition coefficient (Wildman–Crippen LogP) is 2.01. The van der Waals surface area contributed by atoms with Crippen molar-refractivity contribution in [2.45, 2.75) is 6.04 Å². The minimum absolute atomic E-state index is 0.319. The van der Waals surface area contributed by atoms with E-state index in [2.05, 4.69) is 26.5 Å². The van der Waals surface area contributed by atoms with Gasteiger partial charge in [-0.15, -0.1) is 0 Å². The van der Waals surface area contributed by atoms with E-state index in [9.17, 15) is 9.59 Å². The lowest BCUT2D eigenvalue weighted by atomic mass is 10.0. The van der Waals surface area contributed by atoms with Crippen molar-refractivity contribution in [2.24, 2.45) is 0 Å². The third-order valence-electron chi connectivity index (χ3n) is 4.93. The van der Waals surface area contributed by atoms with E-state index in [0.29, 0.717) is 13.1 Å². The molecule has 2 N–H and O–H groups in total. The van der Waals surface area contributed by atoms with E-state index in [1.807, 2.05) is 48.5 Å². The lowest BCUT2D eigenvalue weighted by molar-refractivity contribution is -0.125. The van der Waals surface area contributed by atoms with Gasteiger partial charge in [-0.25, -0.2) is 4.79 Å². The zero-order valence-corrected chi connectivity index (χ0v) is 16.2. The summed E-state index contributed by atoms with van der Waals surface area (Å²) in [5.41, 5.74) is 1.98. The Balaban J connectivity index is 1.73. The number of nitrogens with zero attached hydrogens (tertiary/aromatic N) is 2. The van der Waals surface area contributed by atoms with Crippen LogP contribution in [-0.4, -0.2) is 57.2 Å². The normalized spacial score (nSPS) is 15.6. The summed E-state index contributed by atoms with van der Waals surface area (Å²) in [5, 5.41) is 4.86. The predicted molar refractivity (Wildman–Crippen MR) is 109 cm³/mol. The summed E-state index contributed by atoms with van der Waals surface area (Å²) in [6.45, 7) is 2.98. The molecule has 7 nitrogen and oxygen atoms in total. The van der Waals surface area contributed by atoms with Crippen molar-refractivity contribution in [3.8, 4) is 5.75 Å². The summed E-state index contributed by atoms with van der Waals surface area (Å²) >= 11 is 0. The van der Waals surface area contributed by atoms with Crippen LogP contribution in [-0.2, 0) is 4.79 Å². The molecule has 2 aromatic carbocycles. The smallest absolute Gasteiger partial charge is 0.321 e. The van der Waals surface area contributed by atoms with Gasteiger partial charge in [0.25, 0.3) is 0 Å². The third-order valence-corrected chi connectivity index (χ3v) is 4.93. The zero-order chi connectivity index (χ0) is 19.9. The standard InChI is InChI=1S/C21H26N4O3/c1-22-21(27)23-20(26)19(16-7-4-3-5-8-16)25-13-11-24(12-14-25)17-9-6-10-18(15-17)28-2/h3-10,15,19H,11-14H2,1-2H3,(H2,22,23,26,27). The molecule has 148 valence electrons. The van der Waals surface area contributed by atoms with Gasteiger partial charge in [0.15, 0.2) is 0 Å². The molecule has 2 aromatic rings. The number of carbonyl (C=O) groups excluding carboxylic acids is 2. The second kappa shape index (κ2) is 9.23. The summed E-state index contributed by atoms with van der Waals surface area (Å²) in [6, 6.07) is 16.5. The Kier molecular flexibility index (Phi) is 6.49. The molecule has 7 heteroatoms. The first-order chi connectivity index (χ1) is 13.6. The fourth-order valence-electron chi connectivity index (χ4n) is 3.45. The van der Waals surface area contributed by atoms with Gasteiger partial charge in [0.2, 0.25) is 5.91 Å². The number of piperazine rings is 1. The Morgan fingerprint density at radius 3 is 2.36 bits per heavy atom. The van der Waals surface area contributed by atoms with Crippen LogP contribution >= 0.6 is 0 Å². The summed E-state index contributed by atoms with van der Waals surface area (Å²) in [7, 11) is 3.15. The van der Waals surface area contributed by atoms with E-state index >= 15 is 0 Å². The van der Waals surface area contributed by atoms with E-state index in [1.54, 1.807) is 7.11 Å². The molecule has 0 aromatic heterocycles. The molecular formula is C21H26N4O3. The van der Waals surface area contributed by atoms with Crippen molar-refractivity contribution >= 4 is 17.6 Å². The molecule has 0 bridgehead atoms. The minimum Gasteiger partial charge on any atom is -0.497 e. The highest BCUT2D eigenvalue weighted by atomic mass is 16.5. The fourth-order valence-corrected chi connectivity index (χ4v) is 3.45. The van der Waals surface area contributed by atoms with Crippen LogP contribution in [0.15, 0.2) is 54.6 Å². The lowest BCUT2D eigenvalue weighted by Crippen LogP contribution is -2.52. The number of imide groups is 1. The molecule has 1 fully saturated rings. The molecule has 0 spiro atoms. The minimum atomic E-state index is -0.508. The maximum atomic E-state index is 12.8. The topological polar surface area (TPSA) is 73.9 Å². The van der Waals surface area contributed by atoms with Crippen molar-refractivity contribution < 1.29 is 14.3 Å². The molecule has 1 unspecified atom stereocenters. The number of hydrogen-bond donors (Lipinski definition) is 2. The molecule has 0 saturated carbocycles. The van der Waals surface area contributed by atoms with Crippen LogP contribution in [0.5, 0.6) is 5.75 Å².